The Labute approximate surface area is 79.2 Å². The topological polar surface area (TPSA) is 12.4 Å². The molecule has 0 saturated heterocycles. The van der Waals surface area contributed by atoms with E-state index in [1.54, 1.807) is 18.4 Å². The van der Waals surface area contributed by atoms with Crippen molar-refractivity contribution < 1.29 is 0 Å². The van der Waals surface area contributed by atoms with Gasteiger partial charge in [0, 0.05) is 18.8 Å². The Morgan fingerprint density at radius 2 is 2.00 bits per heavy atom. The average Bonchev–Trinajstić information content (AvgIpc) is 2.33. The van der Waals surface area contributed by atoms with Crippen molar-refractivity contribution in [2.24, 2.45) is 4.99 Å². The minimum absolute atomic E-state index is 0.846. The third-order valence-corrected chi connectivity index (χ3v) is 1.74. The maximum Gasteiger partial charge on any atom is 0.0270 e. The predicted octanol–water partition coefficient (Wildman–Crippen LogP) is 3.20. The summed E-state index contributed by atoms with van der Waals surface area (Å²) in [5.74, 6) is 0. The molecule has 0 aromatic heterocycles. The first-order chi connectivity index (χ1) is 6.38. The van der Waals surface area contributed by atoms with E-state index < -0.39 is 0 Å². The van der Waals surface area contributed by atoms with Gasteiger partial charge >= 0.3 is 0 Å². The Balaban J connectivity index is 3.01. The van der Waals surface area contributed by atoms with Crippen LogP contribution in [-0.2, 0) is 0 Å². The normalized spacial score (nSPS) is 21.8. The van der Waals surface area contributed by atoms with Crippen molar-refractivity contribution >= 4 is 6.21 Å². The summed E-state index contributed by atoms with van der Waals surface area (Å²) in [4.78, 5) is 4.08. The highest BCUT2D eigenvalue weighted by Gasteiger charge is 2.00. The molecule has 0 bridgehead atoms. The van der Waals surface area contributed by atoms with Crippen molar-refractivity contribution in [1.82, 2.24) is 0 Å². The summed E-state index contributed by atoms with van der Waals surface area (Å²) >= 11 is 0. The molecule has 0 unspecified atom stereocenters. The highest BCUT2D eigenvalue weighted by molar-refractivity contribution is 5.67. The third-order valence-electron chi connectivity index (χ3n) is 1.74. The Morgan fingerprint density at radius 3 is 2.69 bits per heavy atom. The van der Waals surface area contributed by atoms with Gasteiger partial charge in [0.15, 0.2) is 0 Å². The lowest BCUT2D eigenvalue weighted by molar-refractivity contribution is 1.34. The van der Waals surface area contributed by atoms with Gasteiger partial charge in [-0.25, -0.2) is 0 Å². The molecule has 1 aliphatic rings. The maximum absolute atomic E-state index is 4.08. The van der Waals surface area contributed by atoms with Crippen LogP contribution in [0.25, 0.3) is 0 Å². The van der Waals surface area contributed by atoms with Crippen LogP contribution in [-0.4, -0.2) is 6.21 Å². The zero-order valence-corrected chi connectivity index (χ0v) is 7.61. The van der Waals surface area contributed by atoms with Gasteiger partial charge < -0.3 is 0 Å². The van der Waals surface area contributed by atoms with E-state index in [4.69, 9.17) is 0 Å². The van der Waals surface area contributed by atoms with E-state index in [1.165, 1.54) is 5.57 Å². The Hall–Kier alpha value is -1.63. The first kappa shape index (κ1) is 9.46. The van der Waals surface area contributed by atoms with Crippen molar-refractivity contribution in [3.05, 3.63) is 60.9 Å². The minimum Gasteiger partial charge on any atom is -0.269 e. The Morgan fingerprint density at radius 1 is 1.23 bits per heavy atom. The zero-order valence-electron chi connectivity index (χ0n) is 7.61. The molecule has 0 saturated carbocycles. The van der Waals surface area contributed by atoms with Crippen LogP contribution >= 0.6 is 0 Å². The molecule has 0 fully saturated rings. The molecule has 1 heteroatoms. The van der Waals surface area contributed by atoms with Crippen molar-refractivity contribution in [1.29, 1.82) is 0 Å². The zero-order chi connectivity index (χ0) is 9.52. The van der Waals surface area contributed by atoms with Crippen LogP contribution in [0.2, 0.25) is 0 Å². The summed E-state index contributed by atoms with van der Waals surface area (Å²) in [5, 5.41) is 0. The molecule has 0 spiro atoms. The maximum atomic E-state index is 4.08. The number of allylic oxidation sites excluding steroid dienone is 7. The molecule has 1 rings (SSSR count). The standard InChI is InChI=1S/C12H13N/c1-3-5-11-7-9-13-10-8-12(11)6-4-2/h3-7,9-10H,1-2,8H2/b11-5-,12-6-. The van der Waals surface area contributed by atoms with Gasteiger partial charge in [-0.05, 0) is 17.2 Å². The second kappa shape index (κ2) is 5.09. The van der Waals surface area contributed by atoms with E-state index in [-0.39, 0.29) is 0 Å². The van der Waals surface area contributed by atoms with Gasteiger partial charge in [0.2, 0.25) is 0 Å². The summed E-state index contributed by atoms with van der Waals surface area (Å²) in [6, 6.07) is 0. The first-order valence-electron chi connectivity index (χ1n) is 4.21. The lowest BCUT2D eigenvalue weighted by atomic mass is 10.0. The second-order valence-electron chi connectivity index (χ2n) is 2.64. The summed E-state index contributed by atoms with van der Waals surface area (Å²) in [7, 11) is 0. The number of hydrogen-bond donors (Lipinski definition) is 0. The van der Waals surface area contributed by atoms with E-state index in [2.05, 4.69) is 18.2 Å². The Bertz CT molecular complexity index is 314. The monoisotopic (exact) mass is 171 g/mol. The van der Waals surface area contributed by atoms with Crippen LogP contribution in [0.1, 0.15) is 6.42 Å². The summed E-state index contributed by atoms with van der Waals surface area (Å²) in [6.07, 6.45) is 14.0. The van der Waals surface area contributed by atoms with Crippen molar-refractivity contribution in [2.75, 3.05) is 0 Å². The average molecular weight is 171 g/mol. The number of hydrogen-bond acceptors (Lipinski definition) is 1. The highest BCUT2D eigenvalue weighted by atomic mass is 14.7. The number of aliphatic imine (C=N–C) groups is 1. The molecule has 66 valence electrons. The molecule has 0 amide bonds. The summed E-state index contributed by atoms with van der Waals surface area (Å²) in [5.41, 5.74) is 2.36. The molecule has 13 heavy (non-hydrogen) atoms. The van der Waals surface area contributed by atoms with Crippen molar-refractivity contribution in [3.8, 4) is 0 Å². The fraction of sp³-hybridized carbons (Fsp3) is 0.0833. The van der Waals surface area contributed by atoms with E-state index in [1.807, 2.05) is 24.4 Å². The third kappa shape index (κ3) is 2.71. The largest absolute Gasteiger partial charge is 0.269 e. The molecule has 1 heterocycles. The highest BCUT2D eigenvalue weighted by Crippen LogP contribution is 2.17. The van der Waals surface area contributed by atoms with Crippen LogP contribution < -0.4 is 0 Å². The molecule has 1 aliphatic heterocycles. The van der Waals surface area contributed by atoms with Crippen LogP contribution in [0.3, 0.4) is 0 Å². The fourth-order valence-corrected chi connectivity index (χ4v) is 1.16. The van der Waals surface area contributed by atoms with Crippen LogP contribution in [0.4, 0.5) is 0 Å². The van der Waals surface area contributed by atoms with Gasteiger partial charge in [-0.15, -0.1) is 0 Å². The summed E-state index contributed by atoms with van der Waals surface area (Å²) in [6.45, 7) is 7.36. The molecule has 0 N–H and O–H groups in total. The quantitative estimate of drug-likeness (QED) is 0.605. The SMILES string of the molecule is C=C/C=C1/C=CN=CC/C1=C/C=C. The minimum atomic E-state index is 0.846. The smallest absolute Gasteiger partial charge is 0.0270 e. The molecular weight excluding hydrogens is 158 g/mol. The van der Waals surface area contributed by atoms with E-state index in [9.17, 15) is 0 Å². The van der Waals surface area contributed by atoms with E-state index >= 15 is 0 Å². The molecule has 1 nitrogen and oxygen atoms in total. The van der Waals surface area contributed by atoms with Gasteiger partial charge in [-0.3, -0.25) is 4.99 Å². The van der Waals surface area contributed by atoms with Gasteiger partial charge in [-0.2, -0.15) is 0 Å². The van der Waals surface area contributed by atoms with Gasteiger partial charge in [-0.1, -0.05) is 37.5 Å². The number of rotatable bonds is 2. The first-order valence-corrected chi connectivity index (χ1v) is 4.21. The lowest BCUT2D eigenvalue weighted by Gasteiger charge is -2.01. The lowest BCUT2D eigenvalue weighted by Crippen LogP contribution is -1.85. The molecule has 0 radical (unpaired) electrons. The molecule has 0 aromatic rings. The van der Waals surface area contributed by atoms with E-state index in [0.29, 0.717) is 0 Å². The molecule has 0 atom stereocenters. The number of nitrogens with zero attached hydrogens (tertiary/aromatic N) is 1. The predicted molar refractivity (Wildman–Crippen MR) is 58.8 cm³/mol. The Kier molecular flexibility index (Phi) is 3.71. The van der Waals surface area contributed by atoms with E-state index in [0.717, 1.165) is 12.0 Å². The van der Waals surface area contributed by atoms with Crippen molar-refractivity contribution in [2.45, 2.75) is 6.42 Å². The molecule has 0 aromatic carbocycles. The van der Waals surface area contributed by atoms with Crippen molar-refractivity contribution in [3.63, 3.8) is 0 Å². The van der Waals surface area contributed by atoms with Crippen LogP contribution in [0, 0.1) is 0 Å². The van der Waals surface area contributed by atoms with Crippen LogP contribution in [0.5, 0.6) is 0 Å². The molecule has 0 aliphatic carbocycles. The van der Waals surface area contributed by atoms with Gasteiger partial charge in [0.1, 0.15) is 0 Å². The fourth-order valence-electron chi connectivity index (χ4n) is 1.16. The summed E-state index contributed by atoms with van der Waals surface area (Å²) < 4.78 is 0. The second-order valence-corrected chi connectivity index (χ2v) is 2.64. The van der Waals surface area contributed by atoms with Gasteiger partial charge in [0.05, 0.1) is 0 Å². The molecular formula is C12H13N. The van der Waals surface area contributed by atoms with Crippen LogP contribution in [0.15, 0.2) is 65.9 Å². The van der Waals surface area contributed by atoms with Gasteiger partial charge in [0.25, 0.3) is 0 Å².